The minimum absolute atomic E-state index is 0.109. The molecule has 0 heterocycles. The van der Waals surface area contributed by atoms with Crippen LogP contribution in [-0.2, 0) is 6.42 Å². The number of hydrogen-bond donors (Lipinski definition) is 0. The second kappa shape index (κ2) is 4.98. The van der Waals surface area contributed by atoms with Crippen LogP contribution in [-0.4, -0.2) is 19.1 Å². The molecule has 0 radical (unpaired) electrons. The summed E-state index contributed by atoms with van der Waals surface area (Å²) in [6, 6.07) is 4.65. The van der Waals surface area contributed by atoms with Crippen LogP contribution >= 0.6 is 0 Å². The summed E-state index contributed by atoms with van der Waals surface area (Å²) in [7, 11) is 2.73. The summed E-state index contributed by atoms with van der Waals surface area (Å²) in [5, 5.41) is 19.3. The third-order valence-corrected chi connectivity index (χ3v) is 2.05. The lowest BCUT2D eigenvalue weighted by Crippen LogP contribution is -1.98. The van der Waals surface area contributed by atoms with E-state index < -0.39 is 4.92 Å². The predicted molar refractivity (Wildman–Crippen MR) is 55.5 cm³/mol. The molecule has 0 aromatic heterocycles. The van der Waals surface area contributed by atoms with Gasteiger partial charge in [-0.3, -0.25) is 10.1 Å². The maximum atomic E-state index is 10.7. The van der Waals surface area contributed by atoms with Gasteiger partial charge in [-0.2, -0.15) is 5.26 Å². The quantitative estimate of drug-likeness (QED) is 0.571. The standard InChI is InChI=1S/C10H10N2O4/c1-15-9-6-8(12(13)14)10(16-2)5-7(9)3-4-11/h5-6H,3H2,1-2H3. The number of rotatable bonds is 4. The van der Waals surface area contributed by atoms with E-state index in [1.54, 1.807) is 0 Å². The summed E-state index contributed by atoms with van der Waals surface area (Å²) >= 11 is 0. The first kappa shape index (κ1) is 11.8. The van der Waals surface area contributed by atoms with Crippen molar-refractivity contribution < 1.29 is 14.4 Å². The highest BCUT2D eigenvalue weighted by Gasteiger charge is 2.19. The molecule has 0 amide bonds. The van der Waals surface area contributed by atoms with Crippen LogP contribution in [0.1, 0.15) is 5.56 Å². The Kier molecular flexibility index (Phi) is 3.67. The number of nitro benzene ring substituents is 1. The van der Waals surface area contributed by atoms with Gasteiger partial charge in [-0.15, -0.1) is 0 Å². The van der Waals surface area contributed by atoms with E-state index in [2.05, 4.69) is 0 Å². The predicted octanol–water partition coefficient (Wildman–Crippen LogP) is 1.68. The fourth-order valence-electron chi connectivity index (χ4n) is 1.31. The van der Waals surface area contributed by atoms with Gasteiger partial charge in [0.2, 0.25) is 0 Å². The smallest absolute Gasteiger partial charge is 0.314 e. The molecule has 1 aromatic rings. The monoisotopic (exact) mass is 222 g/mol. The van der Waals surface area contributed by atoms with Crippen molar-refractivity contribution in [2.24, 2.45) is 0 Å². The van der Waals surface area contributed by atoms with Crippen LogP contribution in [0.2, 0.25) is 0 Å². The highest BCUT2D eigenvalue weighted by molar-refractivity contribution is 5.55. The molecule has 0 aliphatic heterocycles. The number of hydrogen-bond acceptors (Lipinski definition) is 5. The zero-order valence-electron chi connectivity index (χ0n) is 8.89. The van der Waals surface area contributed by atoms with Crippen molar-refractivity contribution in [2.75, 3.05) is 14.2 Å². The zero-order valence-corrected chi connectivity index (χ0v) is 8.89. The van der Waals surface area contributed by atoms with Gasteiger partial charge in [-0.1, -0.05) is 0 Å². The fourth-order valence-corrected chi connectivity index (χ4v) is 1.31. The summed E-state index contributed by atoms with van der Waals surface area (Å²) < 4.78 is 9.86. The van der Waals surface area contributed by atoms with E-state index in [0.29, 0.717) is 11.3 Å². The third-order valence-electron chi connectivity index (χ3n) is 2.05. The Balaban J connectivity index is 3.35. The number of nitro groups is 1. The lowest BCUT2D eigenvalue weighted by molar-refractivity contribution is -0.385. The summed E-state index contributed by atoms with van der Waals surface area (Å²) in [5.41, 5.74) is 0.383. The van der Waals surface area contributed by atoms with Crippen LogP contribution < -0.4 is 9.47 Å². The molecular formula is C10H10N2O4. The molecule has 1 rings (SSSR count). The van der Waals surface area contributed by atoms with Gasteiger partial charge in [0.05, 0.1) is 37.7 Å². The number of ether oxygens (including phenoxy) is 2. The Morgan fingerprint density at radius 3 is 2.44 bits per heavy atom. The average Bonchev–Trinajstić information content (AvgIpc) is 2.28. The molecule has 16 heavy (non-hydrogen) atoms. The SMILES string of the molecule is COc1cc([N+](=O)[O-])c(OC)cc1CC#N. The van der Waals surface area contributed by atoms with E-state index >= 15 is 0 Å². The van der Waals surface area contributed by atoms with Gasteiger partial charge in [0, 0.05) is 5.56 Å². The van der Waals surface area contributed by atoms with Gasteiger partial charge in [0.15, 0.2) is 5.75 Å². The number of methoxy groups -OCH3 is 2. The summed E-state index contributed by atoms with van der Waals surface area (Å²) in [6.45, 7) is 0. The molecule has 84 valence electrons. The first-order chi connectivity index (χ1) is 7.63. The molecule has 6 nitrogen and oxygen atoms in total. The first-order valence-electron chi connectivity index (χ1n) is 4.40. The number of benzene rings is 1. The van der Waals surface area contributed by atoms with Crippen LogP contribution in [0.25, 0.3) is 0 Å². The molecule has 0 bridgehead atoms. The van der Waals surface area contributed by atoms with E-state index in [-0.39, 0.29) is 17.9 Å². The second-order valence-corrected chi connectivity index (χ2v) is 2.93. The lowest BCUT2D eigenvalue weighted by atomic mass is 10.1. The Hall–Kier alpha value is -2.29. The fraction of sp³-hybridized carbons (Fsp3) is 0.300. The van der Waals surface area contributed by atoms with Crippen molar-refractivity contribution in [1.29, 1.82) is 5.26 Å². The maximum Gasteiger partial charge on any atom is 0.314 e. The van der Waals surface area contributed by atoms with Crippen molar-refractivity contribution in [3.63, 3.8) is 0 Å². The van der Waals surface area contributed by atoms with E-state index in [0.717, 1.165) is 0 Å². The molecule has 0 atom stereocenters. The maximum absolute atomic E-state index is 10.7. The molecule has 1 aromatic carbocycles. The third kappa shape index (κ3) is 2.20. The molecule has 0 saturated heterocycles. The second-order valence-electron chi connectivity index (χ2n) is 2.93. The minimum atomic E-state index is -0.558. The highest BCUT2D eigenvalue weighted by atomic mass is 16.6. The first-order valence-corrected chi connectivity index (χ1v) is 4.40. The van der Waals surface area contributed by atoms with E-state index in [4.69, 9.17) is 14.7 Å². The number of nitriles is 1. The molecule has 0 unspecified atom stereocenters. The normalized spacial score (nSPS) is 9.31. The molecular weight excluding hydrogens is 212 g/mol. The molecule has 0 aliphatic rings. The van der Waals surface area contributed by atoms with Gasteiger partial charge in [-0.25, -0.2) is 0 Å². The molecule has 0 fully saturated rings. The Labute approximate surface area is 92.2 Å². The molecule has 0 saturated carbocycles. The van der Waals surface area contributed by atoms with Crippen molar-refractivity contribution in [2.45, 2.75) is 6.42 Å². The number of nitrogens with zero attached hydrogens (tertiary/aromatic N) is 2. The minimum Gasteiger partial charge on any atom is -0.496 e. The van der Waals surface area contributed by atoms with Crippen molar-refractivity contribution in [3.05, 3.63) is 27.8 Å². The zero-order chi connectivity index (χ0) is 12.1. The van der Waals surface area contributed by atoms with Gasteiger partial charge in [-0.05, 0) is 6.07 Å². The lowest BCUT2D eigenvalue weighted by Gasteiger charge is -2.08. The van der Waals surface area contributed by atoms with Gasteiger partial charge < -0.3 is 9.47 Å². The largest absolute Gasteiger partial charge is 0.496 e. The Morgan fingerprint density at radius 1 is 1.38 bits per heavy atom. The van der Waals surface area contributed by atoms with Gasteiger partial charge >= 0.3 is 5.69 Å². The van der Waals surface area contributed by atoms with E-state index in [1.807, 2.05) is 6.07 Å². The van der Waals surface area contributed by atoms with Gasteiger partial charge in [0.1, 0.15) is 5.75 Å². The van der Waals surface area contributed by atoms with Crippen LogP contribution in [0.15, 0.2) is 12.1 Å². The molecule has 0 N–H and O–H groups in total. The highest BCUT2D eigenvalue weighted by Crippen LogP contribution is 2.34. The molecule has 6 heteroatoms. The summed E-state index contributed by atoms with van der Waals surface area (Å²) in [6.07, 6.45) is 0.109. The molecule has 0 spiro atoms. The van der Waals surface area contributed by atoms with Gasteiger partial charge in [0.25, 0.3) is 0 Å². The van der Waals surface area contributed by atoms with E-state index in [9.17, 15) is 10.1 Å². The van der Waals surface area contributed by atoms with E-state index in [1.165, 1.54) is 26.4 Å². The molecule has 0 aliphatic carbocycles. The Bertz CT molecular complexity index is 451. The summed E-state index contributed by atoms with van der Waals surface area (Å²) in [5.74, 6) is 0.435. The van der Waals surface area contributed by atoms with Crippen molar-refractivity contribution >= 4 is 5.69 Å². The van der Waals surface area contributed by atoms with Crippen LogP contribution in [0.5, 0.6) is 11.5 Å². The van der Waals surface area contributed by atoms with Crippen LogP contribution in [0.3, 0.4) is 0 Å². The van der Waals surface area contributed by atoms with Crippen molar-refractivity contribution in [3.8, 4) is 17.6 Å². The topological polar surface area (TPSA) is 85.4 Å². The van der Waals surface area contributed by atoms with Crippen LogP contribution in [0, 0.1) is 21.4 Å². The van der Waals surface area contributed by atoms with Crippen LogP contribution in [0.4, 0.5) is 5.69 Å². The van der Waals surface area contributed by atoms with Crippen molar-refractivity contribution in [1.82, 2.24) is 0 Å². The summed E-state index contributed by atoms with van der Waals surface area (Å²) in [4.78, 5) is 10.2. The Morgan fingerprint density at radius 2 is 2.00 bits per heavy atom. The average molecular weight is 222 g/mol.